The molecule has 16 heavy (non-hydrogen) atoms. The lowest BCUT2D eigenvalue weighted by Gasteiger charge is -2.20. The smallest absolute Gasteiger partial charge is 0 e. The van der Waals surface area contributed by atoms with E-state index in [-0.39, 0.29) is 16.3 Å². The summed E-state index contributed by atoms with van der Waals surface area (Å²) in [5.74, 6) is 4.31. The number of hydrogen-bond donors (Lipinski definition) is 0. The number of benzene rings is 1. The summed E-state index contributed by atoms with van der Waals surface area (Å²) >= 11 is 0. The minimum Gasteiger partial charge on any atom is -0.0797 e. The fourth-order valence-corrected chi connectivity index (χ4v) is 5.89. The van der Waals surface area contributed by atoms with E-state index < -0.39 is 0 Å². The van der Waals surface area contributed by atoms with Gasteiger partial charge in [0.05, 0.1) is 0 Å². The second kappa shape index (κ2) is 4.76. The van der Waals surface area contributed by atoms with Crippen LogP contribution in [0.4, 0.5) is 0 Å². The van der Waals surface area contributed by atoms with E-state index in [1.54, 1.807) is 5.30 Å². The molecule has 2 heteroatoms. The van der Waals surface area contributed by atoms with Crippen molar-refractivity contribution in [3.8, 4) is 0 Å². The van der Waals surface area contributed by atoms with Gasteiger partial charge in [-0.25, -0.2) is 0 Å². The van der Waals surface area contributed by atoms with Crippen molar-refractivity contribution in [1.29, 1.82) is 0 Å². The van der Waals surface area contributed by atoms with Crippen LogP contribution in [-0.4, -0.2) is 14.1 Å². The number of allylic oxidation sites excluding steroid dienone is 1. The molecule has 1 saturated carbocycles. The molecule has 0 N–H and O–H groups in total. The Balaban J connectivity index is 0.000000963. The van der Waals surface area contributed by atoms with Crippen LogP contribution in [0, 0.1) is 11.8 Å². The molecule has 4 unspecified atom stereocenters. The summed E-state index contributed by atoms with van der Waals surface area (Å²) in [6.45, 7) is 2.42. The van der Waals surface area contributed by atoms with E-state index in [2.05, 4.69) is 49.1 Å². The molecule has 1 heterocycles. The molecular formula is C14H17BP. The SMILES string of the molecule is CC1CCC2C1C=CP2c1ccccc1.[B]. The van der Waals surface area contributed by atoms with Crippen molar-refractivity contribution in [3.05, 3.63) is 42.2 Å². The molecule has 0 amide bonds. The van der Waals surface area contributed by atoms with Crippen LogP contribution in [0.3, 0.4) is 0 Å². The molecule has 4 atom stereocenters. The highest BCUT2D eigenvalue weighted by Crippen LogP contribution is 2.58. The van der Waals surface area contributed by atoms with Crippen molar-refractivity contribution < 1.29 is 0 Å². The molecule has 1 aromatic rings. The minimum atomic E-state index is 0. The van der Waals surface area contributed by atoms with Gasteiger partial charge in [-0.3, -0.25) is 0 Å². The van der Waals surface area contributed by atoms with Gasteiger partial charge < -0.3 is 0 Å². The lowest BCUT2D eigenvalue weighted by molar-refractivity contribution is 0.511. The van der Waals surface area contributed by atoms with Crippen LogP contribution in [0.15, 0.2) is 42.2 Å². The van der Waals surface area contributed by atoms with Crippen LogP contribution < -0.4 is 5.30 Å². The zero-order valence-electron chi connectivity index (χ0n) is 9.71. The molecule has 1 fully saturated rings. The maximum atomic E-state index is 2.51. The summed E-state index contributed by atoms with van der Waals surface area (Å²) in [6, 6.07) is 11.1. The van der Waals surface area contributed by atoms with Gasteiger partial charge in [-0.15, -0.1) is 0 Å². The Morgan fingerprint density at radius 3 is 2.62 bits per heavy atom. The summed E-state index contributed by atoms with van der Waals surface area (Å²) in [4.78, 5) is 0. The number of rotatable bonds is 1. The Kier molecular flexibility index (Phi) is 3.55. The third-order valence-corrected chi connectivity index (χ3v) is 6.60. The molecule has 0 nitrogen and oxygen atoms in total. The van der Waals surface area contributed by atoms with Gasteiger partial charge in [0, 0.05) is 8.41 Å². The van der Waals surface area contributed by atoms with Gasteiger partial charge in [0.2, 0.25) is 0 Å². The van der Waals surface area contributed by atoms with Crippen molar-refractivity contribution in [2.24, 2.45) is 11.8 Å². The van der Waals surface area contributed by atoms with Crippen LogP contribution in [-0.2, 0) is 0 Å². The van der Waals surface area contributed by atoms with E-state index in [1.807, 2.05) is 0 Å². The summed E-state index contributed by atoms with van der Waals surface area (Å²) < 4.78 is 0. The molecule has 3 radical (unpaired) electrons. The average molecular weight is 227 g/mol. The van der Waals surface area contributed by atoms with E-state index in [1.165, 1.54) is 12.8 Å². The highest BCUT2D eigenvalue weighted by molar-refractivity contribution is 7.69. The lowest BCUT2D eigenvalue weighted by atomic mass is 9.99. The Morgan fingerprint density at radius 1 is 1.12 bits per heavy atom. The summed E-state index contributed by atoms with van der Waals surface area (Å²) in [5, 5.41) is 1.57. The highest BCUT2D eigenvalue weighted by atomic mass is 31.1. The van der Waals surface area contributed by atoms with Crippen molar-refractivity contribution in [2.45, 2.75) is 25.4 Å². The monoisotopic (exact) mass is 227 g/mol. The third kappa shape index (κ3) is 1.86. The minimum absolute atomic E-state index is 0. The van der Waals surface area contributed by atoms with Crippen LogP contribution in [0.1, 0.15) is 19.8 Å². The van der Waals surface area contributed by atoms with Crippen LogP contribution >= 0.6 is 7.92 Å². The molecular weight excluding hydrogens is 210 g/mol. The van der Waals surface area contributed by atoms with Gasteiger partial charge in [0.15, 0.2) is 0 Å². The fourth-order valence-electron chi connectivity index (χ4n) is 3.02. The van der Waals surface area contributed by atoms with Gasteiger partial charge in [-0.1, -0.05) is 49.1 Å². The first-order chi connectivity index (χ1) is 7.36. The van der Waals surface area contributed by atoms with E-state index in [4.69, 9.17) is 0 Å². The summed E-state index contributed by atoms with van der Waals surface area (Å²) in [5.41, 5.74) is 0.956. The summed E-state index contributed by atoms with van der Waals surface area (Å²) in [6.07, 6.45) is 5.38. The van der Waals surface area contributed by atoms with Crippen molar-refractivity contribution in [3.63, 3.8) is 0 Å². The van der Waals surface area contributed by atoms with Crippen LogP contribution in [0.5, 0.6) is 0 Å². The highest BCUT2D eigenvalue weighted by Gasteiger charge is 2.39. The molecule has 0 spiro atoms. The van der Waals surface area contributed by atoms with Crippen molar-refractivity contribution >= 4 is 21.6 Å². The van der Waals surface area contributed by atoms with Gasteiger partial charge >= 0.3 is 0 Å². The standard InChI is InChI=1S/C14H17P.B/c1-11-7-8-14-13(11)9-10-15(14)12-5-3-2-4-6-12;/h2-6,9-11,13-14H,7-8H2,1H3;. The quantitative estimate of drug-likeness (QED) is 0.509. The molecule has 0 aromatic heterocycles. The molecule has 3 rings (SSSR count). The predicted molar refractivity (Wildman–Crippen MR) is 73.6 cm³/mol. The lowest BCUT2D eigenvalue weighted by Crippen LogP contribution is -2.13. The van der Waals surface area contributed by atoms with E-state index in [0.717, 1.165) is 17.5 Å². The van der Waals surface area contributed by atoms with E-state index >= 15 is 0 Å². The van der Waals surface area contributed by atoms with E-state index in [9.17, 15) is 0 Å². The maximum Gasteiger partial charge on any atom is 0 e. The fraction of sp³-hybridized carbons (Fsp3) is 0.429. The zero-order chi connectivity index (χ0) is 10.3. The average Bonchev–Trinajstić information content (AvgIpc) is 2.83. The molecule has 0 saturated heterocycles. The molecule has 1 aliphatic carbocycles. The maximum absolute atomic E-state index is 2.51. The zero-order valence-corrected chi connectivity index (χ0v) is 10.6. The van der Waals surface area contributed by atoms with Gasteiger partial charge in [-0.05, 0) is 43.6 Å². The van der Waals surface area contributed by atoms with Crippen molar-refractivity contribution in [2.75, 3.05) is 0 Å². The van der Waals surface area contributed by atoms with Crippen LogP contribution in [0.2, 0.25) is 0 Å². The molecule has 0 bridgehead atoms. The topological polar surface area (TPSA) is 0 Å². The first-order valence-corrected chi connectivity index (χ1v) is 7.36. The Morgan fingerprint density at radius 2 is 1.88 bits per heavy atom. The number of fused-ring (bicyclic) bond motifs is 1. The van der Waals surface area contributed by atoms with Gasteiger partial charge in [-0.2, -0.15) is 0 Å². The summed E-state index contributed by atoms with van der Waals surface area (Å²) in [7, 11) is 0.0122. The Bertz CT molecular complexity index is 374. The largest absolute Gasteiger partial charge is 0.0797 e. The second-order valence-corrected chi connectivity index (χ2v) is 7.08. The third-order valence-electron chi connectivity index (χ3n) is 3.90. The first kappa shape index (κ1) is 11.9. The predicted octanol–water partition coefficient (Wildman–Crippen LogP) is 3.36. The molecule has 81 valence electrons. The normalized spacial score (nSPS) is 35.8. The second-order valence-electron chi connectivity index (χ2n) is 4.78. The van der Waals surface area contributed by atoms with Gasteiger partial charge in [0.1, 0.15) is 0 Å². The molecule has 1 aliphatic heterocycles. The van der Waals surface area contributed by atoms with Gasteiger partial charge in [0.25, 0.3) is 0 Å². The molecule has 2 aliphatic rings. The Hall–Kier alpha value is -0.545. The Labute approximate surface area is 101 Å². The van der Waals surface area contributed by atoms with Crippen LogP contribution in [0.25, 0.3) is 0 Å². The molecule has 1 aromatic carbocycles. The van der Waals surface area contributed by atoms with Crippen molar-refractivity contribution in [1.82, 2.24) is 0 Å². The first-order valence-electron chi connectivity index (χ1n) is 5.88. The van der Waals surface area contributed by atoms with E-state index in [0.29, 0.717) is 0 Å². The number of hydrogen-bond acceptors (Lipinski definition) is 0.